The molecule has 0 atom stereocenters. The summed E-state index contributed by atoms with van der Waals surface area (Å²) in [4.78, 5) is 9.24. The fraction of sp³-hybridized carbons (Fsp3) is 0.231. The molecule has 94 valence electrons. The molecule has 5 heteroatoms. The second-order valence-electron chi connectivity index (χ2n) is 3.65. The molecule has 2 rings (SSSR count). The van der Waals surface area contributed by atoms with Crippen molar-refractivity contribution in [3.05, 3.63) is 36.7 Å². The highest BCUT2D eigenvalue weighted by atomic mass is 32.2. The van der Waals surface area contributed by atoms with Gasteiger partial charge in [0.2, 0.25) is 0 Å². The Morgan fingerprint density at radius 2 is 2.00 bits per heavy atom. The Bertz CT molecular complexity index is 505. The lowest BCUT2D eigenvalue weighted by Gasteiger charge is -2.10. The summed E-state index contributed by atoms with van der Waals surface area (Å²) in [5, 5.41) is 0.678. The molecule has 0 unspecified atom stereocenters. The van der Waals surface area contributed by atoms with Gasteiger partial charge < -0.3 is 10.5 Å². The normalized spacial score (nSPS) is 10.3. The predicted molar refractivity (Wildman–Crippen MR) is 72.8 cm³/mol. The van der Waals surface area contributed by atoms with Crippen LogP contribution in [-0.4, -0.2) is 16.6 Å². The molecule has 1 heterocycles. The van der Waals surface area contributed by atoms with Gasteiger partial charge in [0.15, 0.2) is 5.16 Å². The number of benzene rings is 1. The third kappa shape index (κ3) is 3.13. The van der Waals surface area contributed by atoms with Crippen LogP contribution in [0, 0.1) is 0 Å². The van der Waals surface area contributed by atoms with Crippen molar-refractivity contribution in [2.75, 3.05) is 12.3 Å². The number of aromatic nitrogens is 2. The van der Waals surface area contributed by atoms with Gasteiger partial charge in [-0.3, -0.25) is 0 Å². The summed E-state index contributed by atoms with van der Waals surface area (Å²) in [5.41, 5.74) is 6.71. The molecule has 2 N–H and O–H groups in total. The Labute approximate surface area is 111 Å². The van der Waals surface area contributed by atoms with Gasteiger partial charge in [-0.05, 0) is 36.4 Å². The summed E-state index contributed by atoms with van der Waals surface area (Å²) in [6, 6.07) is 7.52. The molecule has 0 aliphatic heterocycles. The molecule has 0 bridgehead atoms. The molecule has 0 spiro atoms. The average Bonchev–Trinajstić information content (AvgIpc) is 2.41. The minimum absolute atomic E-state index is 0.642. The van der Waals surface area contributed by atoms with Crippen molar-refractivity contribution < 1.29 is 4.74 Å². The van der Waals surface area contributed by atoms with Crippen molar-refractivity contribution in [1.82, 2.24) is 9.97 Å². The van der Waals surface area contributed by atoms with E-state index in [2.05, 4.69) is 16.9 Å². The van der Waals surface area contributed by atoms with Crippen LogP contribution in [0.3, 0.4) is 0 Å². The molecule has 0 radical (unpaired) electrons. The van der Waals surface area contributed by atoms with E-state index in [0.717, 1.165) is 17.1 Å². The van der Waals surface area contributed by atoms with Crippen LogP contribution < -0.4 is 10.5 Å². The summed E-state index contributed by atoms with van der Waals surface area (Å²) in [6.07, 6.45) is 4.38. The molecule has 1 aromatic heterocycles. The van der Waals surface area contributed by atoms with Gasteiger partial charge in [0, 0.05) is 17.3 Å². The zero-order valence-electron chi connectivity index (χ0n) is 10.2. The summed E-state index contributed by atoms with van der Waals surface area (Å²) in [6.45, 7) is 2.73. The molecule has 0 aliphatic rings. The minimum atomic E-state index is 0.642. The van der Waals surface area contributed by atoms with Crippen LogP contribution in [0.25, 0.3) is 0 Å². The maximum atomic E-state index is 6.07. The van der Waals surface area contributed by atoms with E-state index < -0.39 is 0 Å². The largest absolute Gasteiger partial charge is 0.491 e. The number of rotatable bonds is 5. The SMILES string of the molecule is CCCOc1cccc(Sc2ncccn2)c1N. The van der Waals surface area contributed by atoms with Crippen LogP contribution in [0.2, 0.25) is 0 Å². The fourth-order valence-corrected chi connectivity index (χ4v) is 2.17. The molecule has 0 saturated carbocycles. The Morgan fingerprint density at radius 1 is 1.22 bits per heavy atom. The molecule has 0 aliphatic carbocycles. The zero-order chi connectivity index (χ0) is 12.8. The first-order valence-electron chi connectivity index (χ1n) is 5.77. The van der Waals surface area contributed by atoms with E-state index in [0.29, 0.717) is 17.5 Å². The highest BCUT2D eigenvalue weighted by Gasteiger charge is 2.08. The third-order valence-electron chi connectivity index (χ3n) is 2.23. The summed E-state index contributed by atoms with van der Waals surface area (Å²) in [7, 11) is 0. The number of anilines is 1. The first-order chi connectivity index (χ1) is 8.81. The number of hydrogen-bond donors (Lipinski definition) is 1. The highest BCUT2D eigenvalue weighted by molar-refractivity contribution is 7.99. The van der Waals surface area contributed by atoms with Crippen molar-refractivity contribution in [2.24, 2.45) is 0 Å². The lowest BCUT2D eigenvalue weighted by atomic mass is 10.3. The van der Waals surface area contributed by atoms with Crippen LogP contribution in [0.4, 0.5) is 5.69 Å². The quantitative estimate of drug-likeness (QED) is 0.662. The Hall–Kier alpha value is -1.75. The van der Waals surface area contributed by atoms with Gasteiger partial charge in [-0.15, -0.1) is 0 Å². The van der Waals surface area contributed by atoms with E-state index in [-0.39, 0.29) is 0 Å². The molecular weight excluding hydrogens is 246 g/mol. The van der Waals surface area contributed by atoms with Crippen molar-refractivity contribution in [3.63, 3.8) is 0 Å². The molecule has 2 aromatic rings. The van der Waals surface area contributed by atoms with Crippen LogP contribution in [0.15, 0.2) is 46.7 Å². The maximum Gasteiger partial charge on any atom is 0.192 e. The van der Waals surface area contributed by atoms with Crippen molar-refractivity contribution >= 4 is 17.4 Å². The lowest BCUT2D eigenvalue weighted by molar-refractivity contribution is 0.318. The van der Waals surface area contributed by atoms with E-state index in [9.17, 15) is 0 Å². The summed E-state index contributed by atoms with van der Waals surface area (Å²) < 4.78 is 5.59. The van der Waals surface area contributed by atoms with E-state index in [1.54, 1.807) is 18.5 Å². The number of ether oxygens (including phenoxy) is 1. The fourth-order valence-electron chi connectivity index (χ4n) is 1.39. The monoisotopic (exact) mass is 261 g/mol. The van der Waals surface area contributed by atoms with E-state index in [1.165, 1.54) is 11.8 Å². The number of nitrogen functional groups attached to an aromatic ring is 1. The smallest absolute Gasteiger partial charge is 0.192 e. The van der Waals surface area contributed by atoms with E-state index in [4.69, 9.17) is 10.5 Å². The summed E-state index contributed by atoms with van der Waals surface area (Å²) >= 11 is 1.43. The number of para-hydroxylation sites is 1. The Kier molecular flexibility index (Phi) is 4.41. The Morgan fingerprint density at radius 3 is 2.72 bits per heavy atom. The van der Waals surface area contributed by atoms with Crippen LogP contribution in [-0.2, 0) is 0 Å². The predicted octanol–water partition coefficient (Wildman–Crippen LogP) is 3.00. The van der Waals surface area contributed by atoms with E-state index >= 15 is 0 Å². The van der Waals surface area contributed by atoms with Gasteiger partial charge in [-0.2, -0.15) is 0 Å². The number of nitrogens with two attached hydrogens (primary N) is 1. The number of nitrogens with zero attached hydrogens (tertiary/aromatic N) is 2. The number of hydrogen-bond acceptors (Lipinski definition) is 5. The van der Waals surface area contributed by atoms with Gasteiger partial charge >= 0.3 is 0 Å². The topological polar surface area (TPSA) is 61.0 Å². The molecular formula is C13H15N3OS. The molecule has 0 fully saturated rings. The second-order valence-corrected chi connectivity index (χ2v) is 4.66. The van der Waals surface area contributed by atoms with Gasteiger partial charge in [0.25, 0.3) is 0 Å². The second kappa shape index (κ2) is 6.26. The van der Waals surface area contributed by atoms with Gasteiger partial charge in [0.1, 0.15) is 5.75 Å². The molecule has 0 saturated heterocycles. The molecule has 18 heavy (non-hydrogen) atoms. The van der Waals surface area contributed by atoms with E-state index in [1.807, 2.05) is 18.2 Å². The standard InChI is InChI=1S/C13H15N3OS/c1-2-9-17-10-5-3-6-11(12(10)14)18-13-15-7-4-8-16-13/h3-8H,2,9,14H2,1H3. The highest BCUT2D eigenvalue weighted by Crippen LogP contribution is 2.35. The van der Waals surface area contributed by atoms with Crippen molar-refractivity contribution in [2.45, 2.75) is 23.4 Å². The van der Waals surface area contributed by atoms with Crippen molar-refractivity contribution in [3.8, 4) is 5.75 Å². The van der Waals surface area contributed by atoms with Gasteiger partial charge in [-0.25, -0.2) is 9.97 Å². The first kappa shape index (κ1) is 12.7. The lowest BCUT2D eigenvalue weighted by Crippen LogP contribution is -2.00. The van der Waals surface area contributed by atoms with Gasteiger partial charge in [0.05, 0.1) is 12.3 Å². The molecule has 4 nitrogen and oxygen atoms in total. The molecule has 1 aromatic carbocycles. The average molecular weight is 261 g/mol. The first-order valence-corrected chi connectivity index (χ1v) is 6.59. The van der Waals surface area contributed by atoms with Crippen LogP contribution >= 0.6 is 11.8 Å². The maximum absolute atomic E-state index is 6.07. The summed E-state index contributed by atoms with van der Waals surface area (Å²) in [5.74, 6) is 0.720. The van der Waals surface area contributed by atoms with Crippen molar-refractivity contribution in [1.29, 1.82) is 0 Å². The van der Waals surface area contributed by atoms with Gasteiger partial charge in [-0.1, -0.05) is 13.0 Å². The minimum Gasteiger partial charge on any atom is -0.491 e. The zero-order valence-corrected chi connectivity index (χ0v) is 11.0. The van der Waals surface area contributed by atoms with Crippen LogP contribution in [0.1, 0.15) is 13.3 Å². The van der Waals surface area contributed by atoms with Crippen LogP contribution in [0.5, 0.6) is 5.75 Å². The third-order valence-corrected chi connectivity index (χ3v) is 3.20. The Balaban J connectivity index is 2.18. The molecule has 0 amide bonds.